The Hall–Kier alpha value is -2.62. The molecule has 0 aromatic heterocycles. The lowest BCUT2D eigenvalue weighted by Gasteiger charge is -2.07. The normalized spacial score (nSPS) is 12.4. The number of nitrogens with one attached hydrogen (secondary N) is 1. The topological polar surface area (TPSA) is 55.4 Å². The molecule has 0 aliphatic carbocycles. The Morgan fingerprint density at radius 2 is 1.95 bits per heavy atom. The molecule has 1 aliphatic heterocycles. The number of ketones is 1. The number of fused-ring (bicyclic) bond motifs is 1. The first-order chi connectivity index (χ1) is 10.1. The maximum atomic E-state index is 12.3. The van der Waals surface area contributed by atoms with Gasteiger partial charge in [0.15, 0.2) is 5.78 Å². The van der Waals surface area contributed by atoms with Crippen LogP contribution in [-0.4, -0.2) is 18.3 Å². The Morgan fingerprint density at radius 3 is 2.76 bits per heavy atom. The highest BCUT2D eigenvalue weighted by atomic mass is 16.5. The van der Waals surface area contributed by atoms with Gasteiger partial charge in [-0.05, 0) is 42.8 Å². The molecule has 0 atom stereocenters. The fourth-order valence-electron chi connectivity index (χ4n) is 2.35. The molecule has 0 spiro atoms. The molecule has 4 nitrogen and oxygen atoms in total. The summed E-state index contributed by atoms with van der Waals surface area (Å²) < 4.78 is 5.42. The summed E-state index contributed by atoms with van der Waals surface area (Å²) >= 11 is 0. The van der Waals surface area contributed by atoms with Crippen LogP contribution in [0.4, 0.5) is 5.69 Å². The summed E-state index contributed by atoms with van der Waals surface area (Å²) in [7, 11) is 0. The van der Waals surface area contributed by atoms with E-state index in [1.54, 1.807) is 30.3 Å². The number of rotatable bonds is 3. The van der Waals surface area contributed by atoms with E-state index in [9.17, 15) is 9.59 Å². The van der Waals surface area contributed by atoms with Crippen LogP contribution in [0.15, 0.2) is 42.5 Å². The standard InChI is InChI=1S/C17H15NO3/c1-11(19)12-3-2-4-15(10-12)18-17(20)14-5-6-16-13(9-14)7-8-21-16/h2-6,9-10H,7-8H2,1H3,(H,18,20). The van der Waals surface area contributed by atoms with E-state index in [0.717, 1.165) is 17.7 Å². The van der Waals surface area contributed by atoms with Gasteiger partial charge in [0.05, 0.1) is 6.61 Å². The van der Waals surface area contributed by atoms with Crippen LogP contribution < -0.4 is 10.1 Å². The zero-order valence-electron chi connectivity index (χ0n) is 11.7. The quantitative estimate of drug-likeness (QED) is 0.880. The molecule has 0 unspecified atom stereocenters. The number of carbonyl (C=O) groups is 2. The maximum Gasteiger partial charge on any atom is 0.255 e. The second kappa shape index (κ2) is 5.40. The number of carbonyl (C=O) groups excluding carboxylic acids is 2. The van der Waals surface area contributed by atoms with Gasteiger partial charge in [-0.15, -0.1) is 0 Å². The van der Waals surface area contributed by atoms with Crippen LogP contribution >= 0.6 is 0 Å². The van der Waals surface area contributed by atoms with E-state index >= 15 is 0 Å². The van der Waals surface area contributed by atoms with E-state index in [4.69, 9.17) is 4.74 Å². The van der Waals surface area contributed by atoms with Crippen LogP contribution in [-0.2, 0) is 6.42 Å². The van der Waals surface area contributed by atoms with Gasteiger partial charge in [-0.2, -0.15) is 0 Å². The van der Waals surface area contributed by atoms with Gasteiger partial charge in [-0.3, -0.25) is 9.59 Å². The van der Waals surface area contributed by atoms with Crippen molar-refractivity contribution in [2.75, 3.05) is 11.9 Å². The predicted octanol–water partition coefficient (Wildman–Crippen LogP) is 3.08. The highest BCUT2D eigenvalue weighted by Crippen LogP contribution is 2.26. The zero-order chi connectivity index (χ0) is 14.8. The molecule has 1 heterocycles. The van der Waals surface area contributed by atoms with Crippen LogP contribution in [0.2, 0.25) is 0 Å². The Labute approximate surface area is 122 Å². The molecular formula is C17H15NO3. The molecule has 4 heteroatoms. The minimum atomic E-state index is -0.189. The number of hydrogen-bond donors (Lipinski definition) is 1. The molecule has 2 aromatic rings. The molecule has 0 fully saturated rings. The number of anilines is 1. The first kappa shape index (κ1) is 13.4. The lowest BCUT2D eigenvalue weighted by molar-refractivity contribution is 0.101. The second-order valence-corrected chi connectivity index (χ2v) is 5.01. The third-order valence-corrected chi connectivity index (χ3v) is 3.48. The van der Waals surface area contributed by atoms with Crippen molar-refractivity contribution in [3.05, 3.63) is 59.2 Å². The van der Waals surface area contributed by atoms with Gasteiger partial charge in [0.1, 0.15) is 5.75 Å². The van der Waals surface area contributed by atoms with E-state index < -0.39 is 0 Å². The summed E-state index contributed by atoms with van der Waals surface area (Å²) in [6.07, 6.45) is 0.830. The van der Waals surface area contributed by atoms with Crippen LogP contribution in [0.3, 0.4) is 0 Å². The minimum absolute atomic E-state index is 0.0271. The highest BCUT2D eigenvalue weighted by Gasteiger charge is 2.15. The van der Waals surface area contributed by atoms with Crippen LogP contribution in [0.5, 0.6) is 5.75 Å². The summed E-state index contributed by atoms with van der Waals surface area (Å²) in [4.78, 5) is 23.6. The van der Waals surface area contributed by atoms with Crippen LogP contribution in [0.25, 0.3) is 0 Å². The van der Waals surface area contributed by atoms with Gasteiger partial charge >= 0.3 is 0 Å². The lowest BCUT2D eigenvalue weighted by atomic mass is 10.1. The highest BCUT2D eigenvalue weighted by molar-refractivity contribution is 6.05. The average Bonchev–Trinajstić information content (AvgIpc) is 2.94. The molecule has 1 aliphatic rings. The van der Waals surface area contributed by atoms with Crippen molar-refractivity contribution in [2.24, 2.45) is 0 Å². The third kappa shape index (κ3) is 2.79. The molecule has 106 valence electrons. The van der Waals surface area contributed by atoms with Crippen molar-refractivity contribution in [1.29, 1.82) is 0 Å². The fraction of sp³-hybridized carbons (Fsp3) is 0.176. The Balaban J connectivity index is 1.80. The lowest BCUT2D eigenvalue weighted by Crippen LogP contribution is -2.12. The molecule has 1 N–H and O–H groups in total. The fourth-order valence-corrected chi connectivity index (χ4v) is 2.35. The molecule has 21 heavy (non-hydrogen) atoms. The Bertz CT molecular complexity index is 722. The molecule has 0 bridgehead atoms. The van der Waals surface area contributed by atoms with E-state index in [1.165, 1.54) is 6.92 Å². The van der Waals surface area contributed by atoms with E-state index in [-0.39, 0.29) is 11.7 Å². The largest absolute Gasteiger partial charge is 0.493 e. The number of hydrogen-bond acceptors (Lipinski definition) is 3. The SMILES string of the molecule is CC(=O)c1cccc(NC(=O)c2ccc3c(c2)CCO3)c1. The van der Waals surface area contributed by atoms with Crippen molar-refractivity contribution in [3.63, 3.8) is 0 Å². The third-order valence-electron chi connectivity index (χ3n) is 3.48. The minimum Gasteiger partial charge on any atom is -0.493 e. The summed E-state index contributed by atoms with van der Waals surface area (Å²) in [6, 6.07) is 12.3. The van der Waals surface area contributed by atoms with Crippen molar-refractivity contribution in [3.8, 4) is 5.75 Å². The van der Waals surface area contributed by atoms with Crippen LogP contribution in [0.1, 0.15) is 33.2 Å². The zero-order valence-corrected chi connectivity index (χ0v) is 11.7. The number of amides is 1. The first-order valence-corrected chi connectivity index (χ1v) is 6.81. The molecule has 1 amide bonds. The molecule has 3 rings (SSSR count). The average molecular weight is 281 g/mol. The van der Waals surface area contributed by atoms with E-state index in [2.05, 4.69) is 5.32 Å². The maximum absolute atomic E-state index is 12.3. The first-order valence-electron chi connectivity index (χ1n) is 6.81. The smallest absolute Gasteiger partial charge is 0.255 e. The van der Waals surface area contributed by atoms with Crippen molar-refractivity contribution < 1.29 is 14.3 Å². The summed E-state index contributed by atoms with van der Waals surface area (Å²) in [5, 5.41) is 2.81. The molecular weight excluding hydrogens is 266 g/mol. The van der Waals surface area contributed by atoms with Crippen molar-refractivity contribution in [2.45, 2.75) is 13.3 Å². The van der Waals surface area contributed by atoms with E-state index in [0.29, 0.717) is 23.4 Å². The molecule has 0 saturated heterocycles. The van der Waals surface area contributed by atoms with Gasteiger partial charge in [-0.25, -0.2) is 0 Å². The van der Waals surface area contributed by atoms with Crippen molar-refractivity contribution in [1.82, 2.24) is 0 Å². The summed E-state index contributed by atoms with van der Waals surface area (Å²) in [6.45, 7) is 2.17. The van der Waals surface area contributed by atoms with Gasteiger partial charge in [-0.1, -0.05) is 12.1 Å². The predicted molar refractivity (Wildman–Crippen MR) is 80.0 cm³/mol. The van der Waals surface area contributed by atoms with E-state index in [1.807, 2.05) is 12.1 Å². The number of ether oxygens (including phenoxy) is 1. The molecule has 2 aromatic carbocycles. The van der Waals surface area contributed by atoms with Gasteiger partial charge in [0.2, 0.25) is 0 Å². The summed E-state index contributed by atoms with van der Waals surface area (Å²) in [5.41, 5.74) is 2.84. The van der Waals surface area contributed by atoms with Crippen molar-refractivity contribution >= 4 is 17.4 Å². The van der Waals surface area contributed by atoms with Gasteiger partial charge < -0.3 is 10.1 Å². The van der Waals surface area contributed by atoms with Crippen LogP contribution in [0, 0.1) is 0 Å². The number of Topliss-reactive ketones (excluding diaryl/α,β-unsaturated/α-hetero) is 1. The second-order valence-electron chi connectivity index (χ2n) is 5.01. The Morgan fingerprint density at radius 1 is 1.10 bits per heavy atom. The number of benzene rings is 2. The molecule has 0 radical (unpaired) electrons. The monoisotopic (exact) mass is 281 g/mol. The van der Waals surface area contributed by atoms with Gasteiger partial charge in [0.25, 0.3) is 5.91 Å². The molecule has 0 saturated carbocycles. The van der Waals surface area contributed by atoms with Gasteiger partial charge in [0, 0.05) is 23.2 Å². The Kier molecular flexibility index (Phi) is 3.44. The summed E-state index contributed by atoms with van der Waals surface area (Å²) in [5.74, 6) is 0.635.